The average Bonchev–Trinajstić information content (AvgIpc) is 2.93. The molecule has 1 aromatic carbocycles. The number of nitrogens with one attached hydrogen (secondary N) is 1. The van der Waals surface area contributed by atoms with Crippen LogP contribution < -0.4 is 10.1 Å². The van der Waals surface area contributed by atoms with Crippen LogP contribution in [0.4, 0.5) is 9.18 Å². The third-order valence-corrected chi connectivity index (χ3v) is 7.51. The van der Waals surface area contributed by atoms with E-state index in [1.165, 1.54) is 21.9 Å². The van der Waals surface area contributed by atoms with E-state index in [9.17, 15) is 38.6 Å². The molecular formula is C27H30ClFN4O9. The molecule has 1 saturated heterocycles. The fourth-order valence-electron chi connectivity index (χ4n) is 4.76. The monoisotopic (exact) mass is 608 g/mol. The summed E-state index contributed by atoms with van der Waals surface area (Å²) in [6, 6.07) is 2.26. The number of pyridine rings is 1. The van der Waals surface area contributed by atoms with Gasteiger partial charge < -0.3 is 34.8 Å². The maximum Gasteiger partial charge on any atom is 0.409 e. The number of piperazine rings is 1. The molecule has 42 heavy (non-hydrogen) atoms. The number of carboxylic acid groups (broad SMARTS) is 2. The van der Waals surface area contributed by atoms with Gasteiger partial charge in [-0.2, -0.15) is 0 Å². The molecule has 2 aromatic rings. The number of fused-ring (bicyclic) bond motifs is 1. The van der Waals surface area contributed by atoms with Crippen LogP contribution in [0.15, 0.2) is 18.2 Å². The highest BCUT2D eigenvalue weighted by molar-refractivity contribution is 6.31. The lowest BCUT2D eigenvalue weighted by atomic mass is 9.82. The first-order valence-corrected chi connectivity index (χ1v) is 13.8. The van der Waals surface area contributed by atoms with E-state index >= 15 is 0 Å². The van der Waals surface area contributed by atoms with Crippen LogP contribution in [0.25, 0.3) is 10.9 Å². The van der Waals surface area contributed by atoms with Crippen molar-refractivity contribution in [2.45, 2.75) is 44.8 Å². The Bertz CT molecular complexity index is 1400. The Labute approximate surface area is 244 Å². The fraction of sp³-hybridized carbons (Fsp3) is 0.481. The van der Waals surface area contributed by atoms with E-state index < -0.39 is 60.1 Å². The Morgan fingerprint density at radius 1 is 1.10 bits per heavy atom. The summed E-state index contributed by atoms with van der Waals surface area (Å²) in [5, 5.41) is 21.1. The number of halogens is 2. The lowest BCUT2D eigenvalue weighted by molar-refractivity contribution is -0.150. The lowest BCUT2D eigenvalue weighted by Gasteiger charge is -2.36. The van der Waals surface area contributed by atoms with E-state index in [0.29, 0.717) is 12.8 Å². The standard InChI is InChI=1S/C27H30ClFN4O9/c1-2-41-27(40)33-9-7-32(8-10-33)25(37)18(4-6-23(34)35)31-24(36)20-13-22(42-21-5-3-14(21)26(38)39)15-11-17(29)16(28)12-19(15)30-20/h11-14,18,21H,2-10H2,1H3,(H,31,36)(H,34,35)(H,38,39). The van der Waals surface area contributed by atoms with E-state index in [0.717, 1.165) is 6.07 Å². The maximum atomic E-state index is 14.3. The van der Waals surface area contributed by atoms with Crippen LogP contribution in [-0.4, -0.2) is 99.8 Å². The second-order valence-electron chi connectivity index (χ2n) is 9.94. The van der Waals surface area contributed by atoms with Crippen molar-refractivity contribution >= 4 is 52.4 Å². The molecule has 4 rings (SSSR count). The van der Waals surface area contributed by atoms with Crippen molar-refractivity contribution in [3.63, 3.8) is 0 Å². The Morgan fingerprint density at radius 2 is 1.79 bits per heavy atom. The molecule has 1 aliphatic carbocycles. The number of ether oxygens (including phenoxy) is 2. The van der Waals surface area contributed by atoms with Crippen molar-refractivity contribution in [3.05, 3.63) is 34.7 Å². The number of amides is 3. The van der Waals surface area contributed by atoms with Gasteiger partial charge in [0, 0.05) is 44.1 Å². The summed E-state index contributed by atoms with van der Waals surface area (Å²) in [4.78, 5) is 68.6. The van der Waals surface area contributed by atoms with Gasteiger partial charge in [0.1, 0.15) is 29.4 Å². The van der Waals surface area contributed by atoms with E-state index in [1.54, 1.807) is 6.92 Å². The summed E-state index contributed by atoms with van der Waals surface area (Å²) < 4.78 is 25.2. The van der Waals surface area contributed by atoms with Crippen LogP contribution in [0.5, 0.6) is 5.75 Å². The number of hydrogen-bond acceptors (Lipinski definition) is 8. The Balaban J connectivity index is 1.56. The number of rotatable bonds is 10. The van der Waals surface area contributed by atoms with E-state index in [2.05, 4.69) is 10.3 Å². The highest BCUT2D eigenvalue weighted by Gasteiger charge is 2.39. The van der Waals surface area contributed by atoms with Gasteiger partial charge in [-0.15, -0.1) is 0 Å². The molecule has 1 saturated carbocycles. The van der Waals surface area contributed by atoms with E-state index in [-0.39, 0.29) is 66.6 Å². The molecule has 3 atom stereocenters. The minimum Gasteiger partial charge on any atom is -0.489 e. The quantitative estimate of drug-likeness (QED) is 0.363. The summed E-state index contributed by atoms with van der Waals surface area (Å²) >= 11 is 5.94. The minimum atomic E-state index is -1.23. The number of benzene rings is 1. The number of carboxylic acids is 2. The zero-order chi connectivity index (χ0) is 30.6. The summed E-state index contributed by atoms with van der Waals surface area (Å²) in [6.45, 7) is 2.59. The van der Waals surface area contributed by atoms with Crippen molar-refractivity contribution in [3.8, 4) is 5.75 Å². The number of aromatic nitrogens is 1. The zero-order valence-electron chi connectivity index (χ0n) is 22.7. The summed E-state index contributed by atoms with van der Waals surface area (Å²) in [6.07, 6.45) is -0.996. The van der Waals surface area contributed by atoms with E-state index in [1.807, 2.05) is 0 Å². The molecule has 1 aromatic heterocycles. The normalized spacial score (nSPS) is 19.0. The molecule has 2 fully saturated rings. The molecule has 2 aliphatic rings. The van der Waals surface area contributed by atoms with Gasteiger partial charge in [-0.05, 0) is 38.3 Å². The summed E-state index contributed by atoms with van der Waals surface area (Å²) in [7, 11) is 0. The smallest absolute Gasteiger partial charge is 0.409 e. The molecule has 0 bridgehead atoms. The fourth-order valence-corrected chi connectivity index (χ4v) is 4.92. The Kier molecular flexibility index (Phi) is 9.66. The van der Waals surface area contributed by atoms with Crippen LogP contribution in [0.3, 0.4) is 0 Å². The van der Waals surface area contributed by atoms with Crippen LogP contribution in [0.2, 0.25) is 5.02 Å². The van der Waals surface area contributed by atoms with Crippen LogP contribution in [0.1, 0.15) is 43.1 Å². The molecule has 3 amide bonds. The second kappa shape index (κ2) is 13.2. The molecule has 3 N–H and O–H groups in total. The maximum absolute atomic E-state index is 14.3. The molecule has 0 radical (unpaired) electrons. The highest BCUT2D eigenvalue weighted by Crippen LogP contribution is 2.36. The van der Waals surface area contributed by atoms with Gasteiger partial charge in [0.2, 0.25) is 5.91 Å². The summed E-state index contributed by atoms with van der Waals surface area (Å²) in [5.41, 5.74) is -0.134. The van der Waals surface area contributed by atoms with Gasteiger partial charge in [0.25, 0.3) is 5.91 Å². The number of carbonyl (C=O) groups excluding carboxylic acids is 3. The number of carbonyl (C=O) groups is 5. The van der Waals surface area contributed by atoms with Gasteiger partial charge in [0.15, 0.2) is 0 Å². The first-order chi connectivity index (χ1) is 20.0. The Morgan fingerprint density at radius 3 is 2.38 bits per heavy atom. The van der Waals surface area contributed by atoms with Crippen LogP contribution >= 0.6 is 11.6 Å². The largest absolute Gasteiger partial charge is 0.489 e. The molecule has 15 heteroatoms. The number of nitrogens with zero attached hydrogens (tertiary/aromatic N) is 3. The van der Waals surface area contributed by atoms with Crippen LogP contribution in [0, 0.1) is 11.7 Å². The molecule has 0 spiro atoms. The summed E-state index contributed by atoms with van der Waals surface area (Å²) in [5.74, 6) is -5.10. The third-order valence-electron chi connectivity index (χ3n) is 7.22. The minimum absolute atomic E-state index is 0.0140. The predicted molar refractivity (Wildman–Crippen MR) is 145 cm³/mol. The number of aliphatic carboxylic acids is 2. The molecule has 2 heterocycles. The highest BCUT2D eigenvalue weighted by atomic mass is 35.5. The SMILES string of the molecule is CCOC(=O)N1CCN(C(=O)C(CCC(=O)O)NC(=O)c2cc(OC3CCC3C(=O)O)c3cc(F)c(Cl)cc3n2)CC1. The van der Waals surface area contributed by atoms with Crippen LogP contribution in [-0.2, 0) is 19.1 Å². The first kappa shape index (κ1) is 30.8. The topological polar surface area (TPSA) is 176 Å². The molecule has 1 aliphatic heterocycles. The molecule has 3 unspecified atom stereocenters. The molecular weight excluding hydrogens is 579 g/mol. The van der Waals surface area contributed by atoms with Crippen molar-refractivity contribution in [2.75, 3.05) is 32.8 Å². The Hall–Kier alpha value is -4.20. The number of hydrogen-bond donors (Lipinski definition) is 3. The van der Waals surface area contributed by atoms with Crippen molar-refractivity contribution in [1.82, 2.24) is 20.1 Å². The van der Waals surface area contributed by atoms with Crippen molar-refractivity contribution in [2.24, 2.45) is 5.92 Å². The zero-order valence-corrected chi connectivity index (χ0v) is 23.4. The molecule has 13 nitrogen and oxygen atoms in total. The third kappa shape index (κ3) is 6.98. The first-order valence-electron chi connectivity index (χ1n) is 13.4. The lowest BCUT2D eigenvalue weighted by Crippen LogP contribution is -2.56. The van der Waals surface area contributed by atoms with Gasteiger partial charge in [0.05, 0.1) is 23.1 Å². The van der Waals surface area contributed by atoms with Crippen molar-refractivity contribution in [1.29, 1.82) is 0 Å². The average molecular weight is 609 g/mol. The predicted octanol–water partition coefficient (Wildman–Crippen LogP) is 2.53. The second-order valence-corrected chi connectivity index (χ2v) is 10.3. The van der Waals surface area contributed by atoms with Gasteiger partial charge in [-0.25, -0.2) is 14.2 Å². The van der Waals surface area contributed by atoms with Crippen molar-refractivity contribution < 1.29 is 48.0 Å². The van der Waals surface area contributed by atoms with Gasteiger partial charge in [-0.3, -0.25) is 19.2 Å². The van der Waals surface area contributed by atoms with E-state index in [4.69, 9.17) is 21.1 Å². The van der Waals surface area contributed by atoms with Gasteiger partial charge in [-0.1, -0.05) is 11.6 Å². The van der Waals surface area contributed by atoms with Gasteiger partial charge >= 0.3 is 18.0 Å². The molecule has 226 valence electrons.